The van der Waals surface area contributed by atoms with E-state index in [0.717, 1.165) is 37.3 Å². The minimum absolute atomic E-state index is 0.569. The van der Waals surface area contributed by atoms with Gasteiger partial charge in [-0.1, -0.05) is 13.3 Å². The van der Waals surface area contributed by atoms with Gasteiger partial charge in [-0.15, -0.1) is 0 Å². The zero-order valence-electron chi connectivity index (χ0n) is 13.5. The predicted molar refractivity (Wildman–Crippen MR) is 85.6 cm³/mol. The Hall–Kier alpha value is -1.40. The highest BCUT2D eigenvalue weighted by molar-refractivity contribution is 5.56. The van der Waals surface area contributed by atoms with E-state index in [4.69, 9.17) is 15.2 Å². The average molecular weight is 296 g/mol. The molecule has 0 atom stereocenters. The molecule has 0 bridgehead atoms. The molecule has 6 heteroatoms. The van der Waals surface area contributed by atoms with Gasteiger partial charge < -0.3 is 20.1 Å². The maximum atomic E-state index is 6.01. The van der Waals surface area contributed by atoms with Gasteiger partial charge in [0.15, 0.2) is 0 Å². The summed E-state index contributed by atoms with van der Waals surface area (Å²) in [7, 11) is 0. The van der Waals surface area contributed by atoms with Gasteiger partial charge in [-0.3, -0.25) is 0 Å². The van der Waals surface area contributed by atoms with Crippen molar-refractivity contribution in [3.05, 3.63) is 11.9 Å². The first-order valence-electron chi connectivity index (χ1n) is 7.74. The fourth-order valence-corrected chi connectivity index (χ4v) is 2.14. The third-order valence-corrected chi connectivity index (χ3v) is 3.17. The van der Waals surface area contributed by atoms with Gasteiger partial charge in [0.1, 0.15) is 18.0 Å². The highest BCUT2D eigenvalue weighted by Gasteiger charge is 2.15. The molecular formula is C15H28N4O2. The van der Waals surface area contributed by atoms with E-state index in [2.05, 4.69) is 21.8 Å². The lowest BCUT2D eigenvalue weighted by molar-refractivity contribution is 0.141. The van der Waals surface area contributed by atoms with Crippen LogP contribution in [0.25, 0.3) is 0 Å². The first kappa shape index (κ1) is 17.7. The lowest BCUT2D eigenvalue weighted by Crippen LogP contribution is -2.33. The van der Waals surface area contributed by atoms with Gasteiger partial charge in [-0.25, -0.2) is 9.97 Å². The van der Waals surface area contributed by atoms with Gasteiger partial charge >= 0.3 is 0 Å². The molecular weight excluding hydrogens is 268 g/mol. The fourth-order valence-electron chi connectivity index (χ4n) is 2.14. The zero-order chi connectivity index (χ0) is 15.5. The molecule has 0 aliphatic rings. The highest BCUT2D eigenvalue weighted by Crippen LogP contribution is 2.22. The molecule has 0 radical (unpaired) electrons. The van der Waals surface area contributed by atoms with Crippen LogP contribution in [0.2, 0.25) is 0 Å². The maximum Gasteiger partial charge on any atom is 0.137 e. The lowest BCUT2D eigenvalue weighted by Gasteiger charge is -2.26. The molecule has 0 aliphatic carbocycles. The zero-order valence-corrected chi connectivity index (χ0v) is 13.5. The van der Waals surface area contributed by atoms with Crippen LogP contribution in [0, 0.1) is 0 Å². The first-order chi connectivity index (χ1) is 10.2. The lowest BCUT2D eigenvalue weighted by atomic mass is 10.1. The number of nitrogen functional groups attached to an aromatic ring is 1. The third kappa shape index (κ3) is 5.85. The summed E-state index contributed by atoms with van der Waals surface area (Å²) < 4.78 is 10.9. The van der Waals surface area contributed by atoms with Crippen LogP contribution in [0.4, 0.5) is 11.6 Å². The Kier molecular flexibility index (Phi) is 8.69. The van der Waals surface area contributed by atoms with Crippen molar-refractivity contribution in [2.24, 2.45) is 0 Å². The van der Waals surface area contributed by atoms with Crippen molar-refractivity contribution < 1.29 is 9.47 Å². The summed E-state index contributed by atoms with van der Waals surface area (Å²) in [6, 6.07) is 0. The largest absolute Gasteiger partial charge is 0.383 e. The number of aromatic nitrogens is 2. The Morgan fingerprint density at radius 1 is 1.05 bits per heavy atom. The van der Waals surface area contributed by atoms with E-state index in [1.165, 1.54) is 6.33 Å². The number of hydrogen-bond acceptors (Lipinski definition) is 6. The molecule has 1 aromatic rings. The van der Waals surface area contributed by atoms with Crippen LogP contribution in [-0.2, 0) is 15.9 Å². The molecule has 0 aliphatic heterocycles. The molecule has 0 saturated carbocycles. The predicted octanol–water partition coefficient (Wildman–Crippen LogP) is 1.89. The van der Waals surface area contributed by atoms with Crippen LogP contribution in [0.5, 0.6) is 0 Å². The maximum absolute atomic E-state index is 6.01. The number of rotatable bonds is 11. The fraction of sp³-hybridized carbons (Fsp3) is 0.733. The Bertz CT molecular complexity index is 391. The molecule has 120 valence electrons. The van der Waals surface area contributed by atoms with Crippen molar-refractivity contribution in [3.63, 3.8) is 0 Å². The van der Waals surface area contributed by atoms with Gasteiger partial charge in [-0.05, 0) is 20.3 Å². The molecule has 2 N–H and O–H groups in total. The summed E-state index contributed by atoms with van der Waals surface area (Å²) in [5.74, 6) is 1.48. The SMILES string of the molecule is CCCc1c(N)ncnc1N(CCOCC)CCOCC. The summed E-state index contributed by atoms with van der Waals surface area (Å²) in [5.41, 5.74) is 7.04. The molecule has 0 fully saturated rings. The molecule has 1 aromatic heterocycles. The quantitative estimate of drug-likeness (QED) is 0.629. The summed E-state index contributed by atoms with van der Waals surface area (Å²) in [5, 5.41) is 0. The minimum Gasteiger partial charge on any atom is -0.383 e. The van der Waals surface area contributed by atoms with E-state index >= 15 is 0 Å². The summed E-state index contributed by atoms with van der Waals surface area (Å²) in [6.07, 6.45) is 3.41. The Morgan fingerprint density at radius 3 is 2.19 bits per heavy atom. The number of nitrogens with two attached hydrogens (primary N) is 1. The van der Waals surface area contributed by atoms with E-state index in [0.29, 0.717) is 32.2 Å². The third-order valence-electron chi connectivity index (χ3n) is 3.17. The Morgan fingerprint density at radius 2 is 1.67 bits per heavy atom. The summed E-state index contributed by atoms with van der Waals surface area (Å²) >= 11 is 0. The van der Waals surface area contributed by atoms with Crippen LogP contribution in [0.3, 0.4) is 0 Å². The smallest absolute Gasteiger partial charge is 0.137 e. The second-order valence-corrected chi connectivity index (χ2v) is 4.69. The van der Waals surface area contributed by atoms with Crippen LogP contribution < -0.4 is 10.6 Å². The number of hydrogen-bond donors (Lipinski definition) is 1. The Labute approximate surface area is 127 Å². The van der Waals surface area contributed by atoms with Gasteiger partial charge in [0, 0.05) is 31.9 Å². The van der Waals surface area contributed by atoms with Crippen molar-refractivity contribution in [3.8, 4) is 0 Å². The normalized spacial score (nSPS) is 10.8. The van der Waals surface area contributed by atoms with Crippen molar-refractivity contribution in [1.29, 1.82) is 0 Å². The summed E-state index contributed by atoms with van der Waals surface area (Å²) in [6.45, 7) is 10.4. The number of ether oxygens (including phenoxy) is 2. The highest BCUT2D eigenvalue weighted by atomic mass is 16.5. The van der Waals surface area contributed by atoms with Gasteiger partial charge in [0.25, 0.3) is 0 Å². The standard InChI is InChI=1S/C15H28N4O2/c1-4-7-13-14(16)17-12-18-15(13)19(8-10-20-5-2)9-11-21-6-3/h12H,4-11H2,1-3H3,(H2,16,17,18). The summed E-state index contributed by atoms with van der Waals surface area (Å²) in [4.78, 5) is 10.7. The molecule has 6 nitrogen and oxygen atoms in total. The molecule has 1 rings (SSSR count). The monoisotopic (exact) mass is 296 g/mol. The molecule has 21 heavy (non-hydrogen) atoms. The van der Waals surface area contributed by atoms with Crippen LogP contribution in [-0.4, -0.2) is 49.5 Å². The second kappa shape index (κ2) is 10.3. The van der Waals surface area contributed by atoms with Crippen molar-refractivity contribution in [2.45, 2.75) is 33.6 Å². The topological polar surface area (TPSA) is 73.5 Å². The van der Waals surface area contributed by atoms with Gasteiger partial charge in [0.05, 0.1) is 13.2 Å². The molecule has 0 amide bonds. The molecule has 0 unspecified atom stereocenters. The minimum atomic E-state index is 0.569. The Balaban J connectivity index is 2.86. The molecule has 0 aromatic carbocycles. The molecule has 0 saturated heterocycles. The van der Waals surface area contributed by atoms with E-state index in [1.807, 2.05) is 13.8 Å². The van der Waals surface area contributed by atoms with Crippen LogP contribution in [0.1, 0.15) is 32.8 Å². The van der Waals surface area contributed by atoms with Crippen LogP contribution >= 0.6 is 0 Å². The number of nitrogens with zero attached hydrogens (tertiary/aromatic N) is 3. The van der Waals surface area contributed by atoms with Gasteiger partial charge in [-0.2, -0.15) is 0 Å². The average Bonchev–Trinajstić information content (AvgIpc) is 2.48. The molecule has 1 heterocycles. The van der Waals surface area contributed by atoms with E-state index < -0.39 is 0 Å². The van der Waals surface area contributed by atoms with Crippen molar-refractivity contribution in [1.82, 2.24) is 9.97 Å². The van der Waals surface area contributed by atoms with E-state index in [9.17, 15) is 0 Å². The van der Waals surface area contributed by atoms with Gasteiger partial charge in [0.2, 0.25) is 0 Å². The number of anilines is 2. The van der Waals surface area contributed by atoms with Crippen molar-refractivity contribution in [2.75, 3.05) is 50.2 Å². The van der Waals surface area contributed by atoms with E-state index in [-0.39, 0.29) is 0 Å². The van der Waals surface area contributed by atoms with Crippen molar-refractivity contribution >= 4 is 11.6 Å². The van der Waals surface area contributed by atoms with E-state index in [1.54, 1.807) is 0 Å². The first-order valence-corrected chi connectivity index (χ1v) is 7.74. The van der Waals surface area contributed by atoms with Crippen LogP contribution in [0.15, 0.2) is 6.33 Å². The second-order valence-electron chi connectivity index (χ2n) is 4.69. The molecule has 0 spiro atoms.